The molecule has 0 bridgehead atoms. The van der Waals surface area contributed by atoms with Crippen molar-refractivity contribution in [3.8, 4) is 0 Å². The predicted octanol–water partition coefficient (Wildman–Crippen LogP) is 2.90. The topological polar surface area (TPSA) is 71.1 Å². The van der Waals surface area contributed by atoms with Crippen LogP contribution < -0.4 is 10.6 Å². The molecule has 0 saturated heterocycles. The molecule has 122 valence electrons. The van der Waals surface area contributed by atoms with Gasteiger partial charge in [-0.05, 0) is 50.8 Å². The number of amides is 2. The first-order valence-corrected chi connectivity index (χ1v) is 9.26. The number of rotatable bonds is 4. The summed E-state index contributed by atoms with van der Waals surface area (Å²) in [5.41, 5.74) is 1.95. The molecule has 6 heteroatoms. The van der Waals surface area contributed by atoms with E-state index in [4.69, 9.17) is 0 Å². The standard InChI is InChI=1S/C16H25N3O2S/c1-4-22(21)14-7-5-6-13(10-14)18-16(20)19-15-9-11(2)8-12(3)17-15/h8-9,13-14H,4-7,10H2,1-3H3,(H2,17,18,19,20). The molecule has 1 aliphatic carbocycles. The fraction of sp³-hybridized carbons (Fsp3) is 0.625. The van der Waals surface area contributed by atoms with E-state index in [0.717, 1.165) is 36.9 Å². The van der Waals surface area contributed by atoms with Gasteiger partial charge in [0.05, 0.1) is 0 Å². The Morgan fingerprint density at radius 1 is 1.36 bits per heavy atom. The highest BCUT2D eigenvalue weighted by Crippen LogP contribution is 2.23. The maximum absolute atomic E-state index is 12.1. The summed E-state index contributed by atoms with van der Waals surface area (Å²) in [5, 5.41) is 5.99. The quantitative estimate of drug-likeness (QED) is 0.895. The number of pyridine rings is 1. The smallest absolute Gasteiger partial charge is 0.320 e. The average Bonchev–Trinajstić information content (AvgIpc) is 2.45. The monoisotopic (exact) mass is 323 g/mol. The lowest BCUT2D eigenvalue weighted by atomic mass is 9.95. The Hall–Kier alpha value is -1.43. The number of aryl methyl sites for hydroxylation is 2. The highest BCUT2D eigenvalue weighted by molar-refractivity contribution is 7.85. The Kier molecular flexibility index (Phi) is 5.94. The molecule has 1 fully saturated rings. The van der Waals surface area contributed by atoms with E-state index < -0.39 is 10.8 Å². The van der Waals surface area contributed by atoms with Gasteiger partial charge in [-0.3, -0.25) is 9.53 Å². The second-order valence-corrected chi connectivity index (χ2v) is 7.93. The molecule has 3 atom stereocenters. The van der Waals surface area contributed by atoms with E-state index in [0.29, 0.717) is 11.6 Å². The van der Waals surface area contributed by atoms with Crippen LogP contribution in [0.1, 0.15) is 43.9 Å². The van der Waals surface area contributed by atoms with Crippen LogP contribution in [-0.2, 0) is 10.8 Å². The van der Waals surface area contributed by atoms with Crippen molar-refractivity contribution in [3.63, 3.8) is 0 Å². The van der Waals surface area contributed by atoms with Crippen LogP contribution in [0.5, 0.6) is 0 Å². The zero-order valence-electron chi connectivity index (χ0n) is 13.5. The summed E-state index contributed by atoms with van der Waals surface area (Å²) in [6.45, 7) is 5.83. The van der Waals surface area contributed by atoms with Gasteiger partial charge >= 0.3 is 6.03 Å². The van der Waals surface area contributed by atoms with Gasteiger partial charge in [0.2, 0.25) is 0 Å². The fourth-order valence-electron chi connectivity index (χ4n) is 2.99. The zero-order chi connectivity index (χ0) is 16.1. The number of anilines is 1. The lowest BCUT2D eigenvalue weighted by molar-refractivity contribution is 0.244. The highest BCUT2D eigenvalue weighted by Gasteiger charge is 2.26. The molecular formula is C16H25N3O2S. The first kappa shape index (κ1) is 16.9. The summed E-state index contributed by atoms with van der Waals surface area (Å²) in [4.78, 5) is 16.4. The van der Waals surface area contributed by atoms with Gasteiger partial charge in [0.1, 0.15) is 5.82 Å². The molecule has 1 saturated carbocycles. The van der Waals surface area contributed by atoms with Crippen molar-refractivity contribution < 1.29 is 9.00 Å². The molecule has 22 heavy (non-hydrogen) atoms. The molecule has 2 amide bonds. The third kappa shape index (κ3) is 4.80. The molecule has 0 aliphatic heterocycles. The summed E-state index contributed by atoms with van der Waals surface area (Å²) >= 11 is 0. The number of hydrogen-bond acceptors (Lipinski definition) is 3. The average molecular weight is 323 g/mol. The lowest BCUT2D eigenvalue weighted by Crippen LogP contribution is -2.43. The Morgan fingerprint density at radius 3 is 2.82 bits per heavy atom. The van der Waals surface area contributed by atoms with Gasteiger partial charge in [0.15, 0.2) is 0 Å². The molecule has 0 radical (unpaired) electrons. The predicted molar refractivity (Wildman–Crippen MR) is 90.6 cm³/mol. The molecule has 5 nitrogen and oxygen atoms in total. The first-order chi connectivity index (χ1) is 10.5. The van der Waals surface area contributed by atoms with Crippen molar-refractivity contribution in [3.05, 3.63) is 23.4 Å². The molecule has 1 aliphatic rings. The second-order valence-electron chi connectivity index (χ2n) is 5.92. The van der Waals surface area contributed by atoms with Crippen molar-refractivity contribution >= 4 is 22.6 Å². The number of aromatic nitrogens is 1. The van der Waals surface area contributed by atoms with Crippen LogP contribution in [0.2, 0.25) is 0 Å². The molecule has 2 N–H and O–H groups in total. The van der Waals surface area contributed by atoms with Crippen molar-refractivity contribution in [2.24, 2.45) is 0 Å². The van der Waals surface area contributed by atoms with Crippen LogP contribution in [-0.4, -0.2) is 32.3 Å². The van der Waals surface area contributed by atoms with E-state index in [-0.39, 0.29) is 17.3 Å². The van der Waals surface area contributed by atoms with Crippen molar-refractivity contribution in [1.29, 1.82) is 0 Å². The molecule has 0 aromatic carbocycles. The number of nitrogens with zero attached hydrogens (tertiary/aromatic N) is 1. The largest absolute Gasteiger partial charge is 0.335 e. The van der Waals surface area contributed by atoms with Gasteiger partial charge in [-0.1, -0.05) is 13.3 Å². The molecule has 1 aromatic heterocycles. The van der Waals surface area contributed by atoms with Gasteiger partial charge in [-0.15, -0.1) is 0 Å². The van der Waals surface area contributed by atoms with Crippen molar-refractivity contribution in [1.82, 2.24) is 10.3 Å². The van der Waals surface area contributed by atoms with Crippen LogP contribution in [0, 0.1) is 13.8 Å². The van der Waals surface area contributed by atoms with Gasteiger partial charge in [-0.25, -0.2) is 9.78 Å². The molecule has 1 heterocycles. The maximum Gasteiger partial charge on any atom is 0.320 e. The van der Waals surface area contributed by atoms with Gasteiger partial charge in [0.25, 0.3) is 0 Å². The number of urea groups is 1. The van der Waals surface area contributed by atoms with E-state index in [9.17, 15) is 9.00 Å². The fourth-order valence-corrected chi connectivity index (χ4v) is 4.34. The van der Waals surface area contributed by atoms with E-state index in [1.165, 1.54) is 0 Å². The normalized spacial score (nSPS) is 22.9. The maximum atomic E-state index is 12.1. The molecule has 2 rings (SSSR count). The third-order valence-corrected chi connectivity index (χ3v) is 5.70. The third-order valence-electron chi connectivity index (χ3n) is 3.96. The number of hydrogen-bond donors (Lipinski definition) is 2. The van der Waals surface area contributed by atoms with Crippen LogP contribution in [0.4, 0.5) is 10.6 Å². The number of carbonyl (C=O) groups is 1. The lowest BCUT2D eigenvalue weighted by Gasteiger charge is -2.29. The van der Waals surface area contributed by atoms with Gasteiger partial charge in [0, 0.05) is 33.5 Å². The zero-order valence-corrected chi connectivity index (χ0v) is 14.3. The molecule has 3 unspecified atom stereocenters. The minimum absolute atomic E-state index is 0.0974. The minimum Gasteiger partial charge on any atom is -0.335 e. The molecule has 1 aromatic rings. The first-order valence-electron chi connectivity index (χ1n) is 7.88. The Morgan fingerprint density at radius 2 is 2.14 bits per heavy atom. The van der Waals surface area contributed by atoms with Crippen LogP contribution in [0.3, 0.4) is 0 Å². The Bertz CT molecular complexity index is 542. The summed E-state index contributed by atoms with van der Waals surface area (Å²) in [7, 11) is -0.777. The van der Waals surface area contributed by atoms with Crippen molar-refractivity contribution in [2.75, 3.05) is 11.1 Å². The Labute approximate surface area is 134 Å². The van der Waals surface area contributed by atoms with E-state index in [2.05, 4.69) is 15.6 Å². The summed E-state index contributed by atoms with van der Waals surface area (Å²) < 4.78 is 11.9. The van der Waals surface area contributed by atoms with E-state index >= 15 is 0 Å². The second kappa shape index (κ2) is 7.72. The summed E-state index contributed by atoms with van der Waals surface area (Å²) in [5.74, 6) is 1.26. The summed E-state index contributed by atoms with van der Waals surface area (Å²) in [6.07, 6.45) is 3.77. The SMILES string of the molecule is CCS(=O)C1CCCC(NC(=O)Nc2cc(C)cc(C)n2)C1. The molecule has 0 spiro atoms. The van der Waals surface area contributed by atoms with Crippen LogP contribution >= 0.6 is 0 Å². The van der Waals surface area contributed by atoms with Crippen LogP contribution in [0.15, 0.2) is 12.1 Å². The van der Waals surface area contributed by atoms with Crippen molar-refractivity contribution in [2.45, 2.75) is 57.7 Å². The van der Waals surface area contributed by atoms with Gasteiger partial charge < -0.3 is 5.32 Å². The number of carbonyl (C=O) groups excluding carboxylic acids is 1. The molecular weight excluding hydrogens is 298 g/mol. The van der Waals surface area contributed by atoms with E-state index in [1.54, 1.807) is 0 Å². The minimum atomic E-state index is -0.777. The number of nitrogens with one attached hydrogen (secondary N) is 2. The Balaban J connectivity index is 1.90. The van der Waals surface area contributed by atoms with Crippen LogP contribution in [0.25, 0.3) is 0 Å². The van der Waals surface area contributed by atoms with E-state index in [1.807, 2.05) is 32.9 Å². The van der Waals surface area contributed by atoms with Gasteiger partial charge in [-0.2, -0.15) is 0 Å². The highest BCUT2D eigenvalue weighted by atomic mass is 32.2. The summed E-state index contributed by atoms with van der Waals surface area (Å²) in [6, 6.07) is 3.68.